The summed E-state index contributed by atoms with van der Waals surface area (Å²) in [4.78, 5) is 12.5. The molecule has 96 valence electrons. The van der Waals surface area contributed by atoms with Crippen LogP contribution in [0.5, 0.6) is 0 Å². The van der Waals surface area contributed by atoms with E-state index < -0.39 is 6.09 Å². The molecule has 0 aromatic heterocycles. The quantitative estimate of drug-likeness (QED) is 0.900. The minimum atomic E-state index is -1.16. The molecule has 0 unspecified atom stereocenters. The van der Waals surface area contributed by atoms with Crippen LogP contribution in [0.3, 0.4) is 0 Å². The van der Waals surface area contributed by atoms with Gasteiger partial charge in [-0.1, -0.05) is 18.2 Å². The van der Waals surface area contributed by atoms with Crippen molar-refractivity contribution in [3.8, 4) is 12.1 Å². The SMILES string of the molecule is N#Cc1ccc(N(C(=O)O)c2ccccc2)cc1C#N. The van der Waals surface area contributed by atoms with Crippen LogP contribution in [0.2, 0.25) is 0 Å². The van der Waals surface area contributed by atoms with Crippen molar-refractivity contribution in [1.82, 2.24) is 0 Å². The van der Waals surface area contributed by atoms with Crippen molar-refractivity contribution in [3.63, 3.8) is 0 Å². The second-order valence-electron chi connectivity index (χ2n) is 3.91. The molecule has 5 nitrogen and oxygen atoms in total. The number of para-hydroxylation sites is 1. The Balaban J connectivity index is 2.55. The first-order chi connectivity index (χ1) is 9.67. The van der Waals surface area contributed by atoms with Gasteiger partial charge in [-0.05, 0) is 30.3 Å². The van der Waals surface area contributed by atoms with Gasteiger partial charge in [0.15, 0.2) is 0 Å². The fourth-order valence-electron chi connectivity index (χ4n) is 1.81. The van der Waals surface area contributed by atoms with E-state index in [1.54, 1.807) is 30.3 Å². The largest absolute Gasteiger partial charge is 0.464 e. The molecule has 2 aromatic carbocycles. The number of carbonyl (C=O) groups is 1. The van der Waals surface area contributed by atoms with Crippen LogP contribution in [0.4, 0.5) is 16.2 Å². The summed E-state index contributed by atoms with van der Waals surface area (Å²) < 4.78 is 0. The molecule has 20 heavy (non-hydrogen) atoms. The van der Waals surface area contributed by atoms with E-state index in [1.165, 1.54) is 18.2 Å². The molecule has 0 saturated carbocycles. The smallest absolute Gasteiger partial charge is 0.416 e. The van der Waals surface area contributed by atoms with Crippen molar-refractivity contribution in [3.05, 3.63) is 59.7 Å². The Bertz CT molecular complexity index is 727. The van der Waals surface area contributed by atoms with Crippen molar-refractivity contribution < 1.29 is 9.90 Å². The molecule has 0 radical (unpaired) electrons. The van der Waals surface area contributed by atoms with Gasteiger partial charge in [0.05, 0.1) is 22.5 Å². The van der Waals surface area contributed by atoms with Crippen LogP contribution in [0.25, 0.3) is 0 Å². The lowest BCUT2D eigenvalue weighted by atomic mass is 10.1. The zero-order valence-electron chi connectivity index (χ0n) is 10.3. The molecule has 0 aliphatic rings. The van der Waals surface area contributed by atoms with Crippen LogP contribution in [0.1, 0.15) is 11.1 Å². The molecular formula is C15H9N3O2. The number of hydrogen-bond donors (Lipinski definition) is 1. The van der Waals surface area contributed by atoms with Crippen LogP contribution < -0.4 is 4.90 Å². The zero-order valence-corrected chi connectivity index (χ0v) is 10.3. The van der Waals surface area contributed by atoms with Crippen LogP contribution in [-0.4, -0.2) is 11.2 Å². The van der Waals surface area contributed by atoms with E-state index in [0.29, 0.717) is 11.4 Å². The van der Waals surface area contributed by atoms with E-state index in [-0.39, 0.29) is 11.1 Å². The van der Waals surface area contributed by atoms with E-state index in [0.717, 1.165) is 4.90 Å². The van der Waals surface area contributed by atoms with Gasteiger partial charge in [-0.25, -0.2) is 9.69 Å². The molecule has 0 aliphatic carbocycles. The number of rotatable bonds is 2. The van der Waals surface area contributed by atoms with Gasteiger partial charge in [0.2, 0.25) is 0 Å². The summed E-state index contributed by atoms with van der Waals surface area (Å²) in [5, 5.41) is 27.2. The van der Waals surface area contributed by atoms with E-state index in [4.69, 9.17) is 10.5 Å². The Labute approximate surface area is 115 Å². The molecule has 0 fully saturated rings. The first kappa shape index (κ1) is 13.1. The van der Waals surface area contributed by atoms with Crippen molar-refractivity contribution in [1.29, 1.82) is 10.5 Å². The highest BCUT2D eigenvalue weighted by Gasteiger charge is 2.17. The summed E-state index contributed by atoms with van der Waals surface area (Å²) in [7, 11) is 0. The van der Waals surface area contributed by atoms with Gasteiger partial charge in [0.1, 0.15) is 12.1 Å². The lowest BCUT2D eigenvalue weighted by molar-refractivity contribution is 0.205. The Morgan fingerprint density at radius 3 is 2.15 bits per heavy atom. The van der Waals surface area contributed by atoms with Gasteiger partial charge in [0.25, 0.3) is 0 Å². The molecule has 0 spiro atoms. The van der Waals surface area contributed by atoms with Crippen LogP contribution >= 0.6 is 0 Å². The molecule has 1 N–H and O–H groups in total. The minimum absolute atomic E-state index is 0.146. The lowest BCUT2D eigenvalue weighted by Gasteiger charge is -2.19. The molecule has 2 rings (SSSR count). The first-order valence-corrected chi connectivity index (χ1v) is 5.69. The summed E-state index contributed by atoms with van der Waals surface area (Å²) in [5.41, 5.74) is 1.15. The lowest BCUT2D eigenvalue weighted by Crippen LogP contribution is -2.23. The molecule has 1 amide bonds. The summed E-state index contributed by atoms with van der Waals surface area (Å²) in [5.74, 6) is 0. The van der Waals surface area contributed by atoms with Crippen molar-refractivity contribution in [2.24, 2.45) is 0 Å². The van der Waals surface area contributed by atoms with Gasteiger partial charge in [-0.15, -0.1) is 0 Å². The normalized spacial score (nSPS) is 9.30. The van der Waals surface area contributed by atoms with Crippen molar-refractivity contribution >= 4 is 17.5 Å². The highest BCUT2D eigenvalue weighted by atomic mass is 16.4. The van der Waals surface area contributed by atoms with Gasteiger partial charge >= 0.3 is 6.09 Å². The maximum absolute atomic E-state index is 11.4. The Hall–Kier alpha value is -3.31. The second kappa shape index (κ2) is 5.55. The van der Waals surface area contributed by atoms with Gasteiger partial charge in [0, 0.05) is 0 Å². The molecule has 0 heterocycles. The van der Waals surface area contributed by atoms with Gasteiger partial charge in [-0.3, -0.25) is 0 Å². The average Bonchev–Trinajstić information content (AvgIpc) is 2.48. The number of nitriles is 2. The topological polar surface area (TPSA) is 88.1 Å². The second-order valence-corrected chi connectivity index (χ2v) is 3.91. The number of hydrogen-bond acceptors (Lipinski definition) is 3. The minimum Gasteiger partial charge on any atom is -0.464 e. The summed E-state index contributed by atoms with van der Waals surface area (Å²) in [6.45, 7) is 0. The van der Waals surface area contributed by atoms with Gasteiger partial charge < -0.3 is 5.11 Å². The number of anilines is 2. The Morgan fingerprint density at radius 1 is 0.950 bits per heavy atom. The highest BCUT2D eigenvalue weighted by molar-refractivity contribution is 5.95. The van der Waals surface area contributed by atoms with Gasteiger partial charge in [-0.2, -0.15) is 10.5 Å². The third-order valence-corrected chi connectivity index (χ3v) is 2.71. The molecule has 0 saturated heterocycles. The van der Waals surface area contributed by atoms with Crippen molar-refractivity contribution in [2.75, 3.05) is 4.90 Å². The molecular weight excluding hydrogens is 254 g/mol. The molecule has 0 aliphatic heterocycles. The van der Waals surface area contributed by atoms with Crippen LogP contribution in [0, 0.1) is 22.7 Å². The van der Waals surface area contributed by atoms with E-state index in [9.17, 15) is 9.90 Å². The first-order valence-electron chi connectivity index (χ1n) is 5.69. The van der Waals surface area contributed by atoms with Crippen LogP contribution in [0.15, 0.2) is 48.5 Å². The molecule has 0 bridgehead atoms. The van der Waals surface area contributed by atoms with E-state index >= 15 is 0 Å². The Morgan fingerprint density at radius 2 is 1.60 bits per heavy atom. The molecule has 2 aromatic rings. The number of amides is 1. The fraction of sp³-hybridized carbons (Fsp3) is 0. The van der Waals surface area contributed by atoms with Crippen LogP contribution in [-0.2, 0) is 0 Å². The van der Waals surface area contributed by atoms with Crippen molar-refractivity contribution in [2.45, 2.75) is 0 Å². The highest BCUT2D eigenvalue weighted by Crippen LogP contribution is 2.27. The average molecular weight is 263 g/mol. The zero-order chi connectivity index (χ0) is 14.5. The Kier molecular flexibility index (Phi) is 3.65. The summed E-state index contributed by atoms with van der Waals surface area (Å²) in [6.07, 6.45) is -1.16. The van der Waals surface area contributed by atoms with E-state index in [2.05, 4.69) is 0 Å². The standard InChI is InChI=1S/C15H9N3O2/c16-9-11-6-7-14(8-12(11)10-17)18(15(19)20)13-4-2-1-3-5-13/h1-8H,(H,19,20). The number of carboxylic acid groups (broad SMARTS) is 1. The third kappa shape index (κ3) is 2.43. The third-order valence-electron chi connectivity index (χ3n) is 2.71. The maximum Gasteiger partial charge on any atom is 0.416 e. The fourth-order valence-corrected chi connectivity index (χ4v) is 1.81. The number of nitrogens with zero attached hydrogens (tertiary/aromatic N) is 3. The summed E-state index contributed by atoms with van der Waals surface area (Å²) >= 11 is 0. The number of benzene rings is 2. The molecule has 5 heteroatoms. The maximum atomic E-state index is 11.4. The predicted octanol–water partition coefficient (Wildman–Crippen LogP) is 3.25. The monoisotopic (exact) mass is 263 g/mol. The molecule has 0 atom stereocenters. The summed E-state index contributed by atoms with van der Waals surface area (Å²) in [6, 6.07) is 16.6. The van der Waals surface area contributed by atoms with E-state index in [1.807, 2.05) is 12.1 Å². The predicted molar refractivity (Wildman–Crippen MR) is 72.5 cm³/mol.